The average molecular weight is 315 g/mol. The van der Waals surface area contributed by atoms with Crippen molar-refractivity contribution in [1.82, 2.24) is 5.32 Å². The highest BCUT2D eigenvalue weighted by Crippen LogP contribution is 2.28. The fourth-order valence-electron chi connectivity index (χ4n) is 2.16. The first-order chi connectivity index (χ1) is 9.49. The van der Waals surface area contributed by atoms with Gasteiger partial charge in [0.1, 0.15) is 0 Å². The lowest BCUT2D eigenvalue weighted by Crippen LogP contribution is -2.33. The molecule has 1 rings (SSSR count). The largest absolute Gasteiger partial charge is 0.370 e. The van der Waals surface area contributed by atoms with Gasteiger partial charge in [-0.25, -0.2) is 0 Å². The van der Waals surface area contributed by atoms with E-state index in [1.807, 2.05) is 11.8 Å². The van der Waals surface area contributed by atoms with Gasteiger partial charge in [-0.15, -0.1) is 0 Å². The number of hydrogen-bond acceptors (Lipinski definition) is 3. The molecule has 0 heterocycles. The molecule has 20 heavy (non-hydrogen) atoms. The maximum atomic E-state index is 6.46. The number of thioether (sulfide) groups is 1. The molecule has 0 radical (unpaired) electrons. The number of hydrogen-bond donors (Lipinski definition) is 1. The van der Waals surface area contributed by atoms with Crippen molar-refractivity contribution in [3.05, 3.63) is 28.8 Å². The van der Waals surface area contributed by atoms with Crippen molar-refractivity contribution in [3.8, 4) is 0 Å². The van der Waals surface area contributed by atoms with Crippen LogP contribution >= 0.6 is 23.4 Å². The summed E-state index contributed by atoms with van der Waals surface area (Å²) in [6.45, 7) is 7.39. The second-order valence-electron chi connectivity index (χ2n) is 5.45. The average Bonchev–Trinajstić information content (AvgIpc) is 2.42. The van der Waals surface area contributed by atoms with Crippen LogP contribution in [0.2, 0.25) is 5.02 Å². The van der Waals surface area contributed by atoms with E-state index in [2.05, 4.69) is 62.5 Å². The second-order valence-corrected chi connectivity index (χ2v) is 6.77. The summed E-state index contributed by atoms with van der Waals surface area (Å²) in [4.78, 5) is 2.30. The summed E-state index contributed by atoms with van der Waals surface area (Å²) in [6.07, 6.45) is 3.28. The lowest BCUT2D eigenvalue weighted by Gasteiger charge is -2.29. The smallest absolute Gasteiger partial charge is 0.0642 e. The Morgan fingerprint density at radius 2 is 2.05 bits per heavy atom. The number of anilines is 1. The molecule has 0 aliphatic carbocycles. The van der Waals surface area contributed by atoms with Gasteiger partial charge in [-0.3, -0.25) is 0 Å². The van der Waals surface area contributed by atoms with Crippen molar-refractivity contribution < 1.29 is 0 Å². The van der Waals surface area contributed by atoms with Crippen molar-refractivity contribution in [3.63, 3.8) is 0 Å². The zero-order valence-electron chi connectivity index (χ0n) is 13.2. The fraction of sp³-hybridized carbons (Fsp3) is 0.625. The third kappa shape index (κ3) is 5.19. The molecule has 1 aromatic rings. The zero-order valence-corrected chi connectivity index (χ0v) is 14.8. The van der Waals surface area contributed by atoms with Gasteiger partial charge in [-0.1, -0.05) is 38.4 Å². The molecule has 0 aliphatic rings. The molecule has 0 saturated heterocycles. The van der Waals surface area contributed by atoms with Crippen LogP contribution in [-0.4, -0.2) is 31.1 Å². The molecular weight excluding hydrogens is 288 g/mol. The van der Waals surface area contributed by atoms with Gasteiger partial charge in [0.2, 0.25) is 0 Å². The van der Waals surface area contributed by atoms with E-state index in [1.54, 1.807) is 0 Å². The van der Waals surface area contributed by atoms with Crippen molar-refractivity contribution in [2.45, 2.75) is 45.8 Å². The maximum absolute atomic E-state index is 6.46. The van der Waals surface area contributed by atoms with E-state index in [4.69, 9.17) is 11.6 Å². The van der Waals surface area contributed by atoms with Gasteiger partial charge in [-0.2, -0.15) is 11.8 Å². The first-order valence-electron chi connectivity index (χ1n) is 7.23. The van der Waals surface area contributed by atoms with E-state index < -0.39 is 0 Å². The van der Waals surface area contributed by atoms with Crippen LogP contribution < -0.4 is 10.2 Å². The monoisotopic (exact) mass is 314 g/mol. The van der Waals surface area contributed by atoms with Crippen LogP contribution in [-0.2, 0) is 6.54 Å². The van der Waals surface area contributed by atoms with Gasteiger partial charge in [0.15, 0.2) is 0 Å². The van der Waals surface area contributed by atoms with Crippen LogP contribution in [0.15, 0.2) is 18.2 Å². The van der Waals surface area contributed by atoms with Gasteiger partial charge in [-0.05, 0) is 30.4 Å². The Morgan fingerprint density at radius 1 is 1.35 bits per heavy atom. The summed E-state index contributed by atoms with van der Waals surface area (Å²) in [5.74, 6) is 1.12. The molecule has 0 saturated carbocycles. The SMILES string of the molecule is CCC(CSC)N(C)c1ccc(CNC(C)C)cc1Cl. The molecule has 0 fully saturated rings. The molecule has 0 amide bonds. The Kier molecular flexibility index (Phi) is 7.78. The Bertz CT molecular complexity index is 409. The summed E-state index contributed by atoms with van der Waals surface area (Å²) in [6, 6.07) is 7.40. The van der Waals surface area contributed by atoms with Gasteiger partial charge >= 0.3 is 0 Å². The normalized spacial score (nSPS) is 12.8. The van der Waals surface area contributed by atoms with Crippen LogP contribution in [0.5, 0.6) is 0 Å². The van der Waals surface area contributed by atoms with Gasteiger partial charge in [0.25, 0.3) is 0 Å². The minimum absolute atomic E-state index is 0.488. The number of nitrogens with zero attached hydrogens (tertiary/aromatic N) is 1. The number of nitrogens with one attached hydrogen (secondary N) is 1. The Balaban J connectivity index is 2.80. The molecule has 0 spiro atoms. The van der Waals surface area contributed by atoms with E-state index in [9.17, 15) is 0 Å². The van der Waals surface area contributed by atoms with Crippen molar-refractivity contribution in [2.75, 3.05) is 24.0 Å². The topological polar surface area (TPSA) is 15.3 Å². The predicted octanol–water partition coefficient (Wildman–Crippen LogP) is 4.42. The van der Waals surface area contributed by atoms with Crippen molar-refractivity contribution in [1.29, 1.82) is 0 Å². The fourth-order valence-corrected chi connectivity index (χ4v) is 3.34. The van der Waals surface area contributed by atoms with Crippen LogP contribution in [0.4, 0.5) is 5.69 Å². The summed E-state index contributed by atoms with van der Waals surface area (Å²) >= 11 is 8.35. The molecular formula is C16H27ClN2S. The summed E-state index contributed by atoms with van der Waals surface area (Å²) in [7, 11) is 2.14. The standard InChI is InChI=1S/C16H27ClN2S/c1-6-14(11-20-5)19(4)16-8-7-13(9-15(16)17)10-18-12(2)3/h7-9,12,14,18H,6,10-11H2,1-5H3. The first kappa shape index (κ1) is 17.7. The van der Waals surface area contributed by atoms with E-state index >= 15 is 0 Å². The molecule has 0 aliphatic heterocycles. The highest BCUT2D eigenvalue weighted by Gasteiger charge is 2.15. The molecule has 1 aromatic carbocycles. The van der Waals surface area contributed by atoms with E-state index in [-0.39, 0.29) is 0 Å². The lowest BCUT2D eigenvalue weighted by molar-refractivity contribution is 0.589. The summed E-state index contributed by atoms with van der Waals surface area (Å²) in [5.41, 5.74) is 2.36. The van der Waals surface area contributed by atoms with Gasteiger partial charge in [0.05, 0.1) is 10.7 Å². The number of halogens is 1. The second kappa shape index (κ2) is 8.81. The molecule has 4 heteroatoms. The molecule has 0 aromatic heterocycles. The lowest BCUT2D eigenvalue weighted by atomic mass is 10.1. The van der Waals surface area contributed by atoms with E-state index in [0.717, 1.165) is 29.4 Å². The van der Waals surface area contributed by atoms with Gasteiger partial charge < -0.3 is 10.2 Å². The van der Waals surface area contributed by atoms with Gasteiger partial charge in [0, 0.05) is 31.4 Å². The van der Waals surface area contributed by atoms with Crippen LogP contribution in [0, 0.1) is 0 Å². The molecule has 2 nitrogen and oxygen atoms in total. The Labute approximate surface area is 133 Å². The molecule has 1 atom stereocenters. The maximum Gasteiger partial charge on any atom is 0.0642 e. The molecule has 1 N–H and O–H groups in total. The summed E-state index contributed by atoms with van der Waals surface area (Å²) in [5, 5.41) is 4.26. The van der Waals surface area contributed by atoms with Crippen LogP contribution in [0.3, 0.4) is 0 Å². The van der Waals surface area contributed by atoms with Crippen LogP contribution in [0.25, 0.3) is 0 Å². The third-order valence-corrected chi connectivity index (χ3v) is 4.51. The first-order valence-corrected chi connectivity index (χ1v) is 9.00. The van der Waals surface area contributed by atoms with E-state index in [0.29, 0.717) is 12.1 Å². The van der Waals surface area contributed by atoms with E-state index in [1.165, 1.54) is 5.56 Å². The Hall–Kier alpha value is -0.380. The summed E-state index contributed by atoms with van der Waals surface area (Å²) < 4.78 is 0. The molecule has 0 bridgehead atoms. The minimum atomic E-state index is 0.488. The highest BCUT2D eigenvalue weighted by atomic mass is 35.5. The predicted molar refractivity (Wildman–Crippen MR) is 94.3 cm³/mol. The highest BCUT2D eigenvalue weighted by molar-refractivity contribution is 7.98. The molecule has 1 unspecified atom stereocenters. The molecule has 114 valence electrons. The third-order valence-electron chi connectivity index (χ3n) is 3.48. The minimum Gasteiger partial charge on any atom is -0.370 e. The number of benzene rings is 1. The quantitative estimate of drug-likeness (QED) is 0.765. The van der Waals surface area contributed by atoms with Crippen molar-refractivity contribution in [2.24, 2.45) is 0 Å². The van der Waals surface area contributed by atoms with Crippen molar-refractivity contribution >= 4 is 29.1 Å². The zero-order chi connectivity index (χ0) is 15.1. The number of rotatable bonds is 8. The Morgan fingerprint density at radius 3 is 2.55 bits per heavy atom. The van der Waals surface area contributed by atoms with Crippen LogP contribution in [0.1, 0.15) is 32.8 Å².